The highest BCUT2D eigenvalue weighted by molar-refractivity contribution is 5.71. The first-order chi connectivity index (χ1) is 31.0. The third-order valence-electron chi connectivity index (χ3n) is 10.1. The lowest BCUT2D eigenvalue weighted by Crippen LogP contribution is -2.30. The van der Waals surface area contributed by atoms with Crippen LogP contribution in [0.4, 0.5) is 0 Å². The third-order valence-corrected chi connectivity index (χ3v) is 10.1. The number of allylic oxidation sites excluding steroid dienone is 20. The van der Waals surface area contributed by atoms with Crippen LogP contribution in [0.5, 0.6) is 0 Å². The fourth-order valence-corrected chi connectivity index (χ4v) is 6.38. The van der Waals surface area contributed by atoms with E-state index in [9.17, 15) is 14.4 Å². The molecule has 0 N–H and O–H groups in total. The lowest BCUT2D eigenvalue weighted by atomic mass is 10.1. The molecule has 0 bridgehead atoms. The molecule has 6 heteroatoms. The standard InChI is InChI=1S/C57H90O6/c1-4-7-10-13-16-19-21-23-25-27-28-30-31-33-35-38-41-44-47-50-56(59)62-53-54(52-61-55(58)49-46-43-40-37-18-15-12-9-6-3)63-57(60)51-48-45-42-39-36-34-32-29-26-24-22-20-17-14-11-8-5-2/h8-9,11-12,14,16-24,26,29,32,34,36-37,54H,4-7,10,13,15,25,27-28,30-31,33,35,38-53H2,1-3H3/b11-8-,12-9-,17-14-,19-16-,22-20-,23-21-,26-24-,32-29+,36-34-,37-18-. The second-order valence-corrected chi connectivity index (χ2v) is 16.1. The molecule has 0 aliphatic rings. The Hall–Kier alpha value is -4.19. The van der Waals surface area contributed by atoms with Crippen LogP contribution in [0.25, 0.3) is 0 Å². The zero-order chi connectivity index (χ0) is 45.8. The van der Waals surface area contributed by atoms with Crippen molar-refractivity contribution in [2.75, 3.05) is 13.2 Å². The van der Waals surface area contributed by atoms with E-state index >= 15 is 0 Å². The first-order valence-corrected chi connectivity index (χ1v) is 25.1. The molecular formula is C57H90O6. The summed E-state index contributed by atoms with van der Waals surface area (Å²) in [6.07, 6.45) is 69.1. The van der Waals surface area contributed by atoms with Gasteiger partial charge in [0.2, 0.25) is 0 Å². The van der Waals surface area contributed by atoms with Gasteiger partial charge in [0.15, 0.2) is 6.10 Å². The van der Waals surface area contributed by atoms with Crippen LogP contribution in [0, 0.1) is 0 Å². The van der Waals surface area contributed by atoms with E-state index in [0.29, 0.717) is 19.3 Å². The van der Waals surface area contributed by atoms with Crippen molar-refractivity contribution in [2.45, 2.75) is 207 Å². The molecule has 0 spiro atoms. The number of hydrogen-bond donors (Lipinski definition) is 0. The number of rotatable bonds is 43. The molecule has 0 rings (SSSR count). The van der Waals surface area contributed by atoms with Gasteiger partial charge in [0.25, 0.3) is 0 Å². The quantitative estimate of drug-likeness (QED) is 0.0200. The number of esters is 3. The van der Waals surface area contributed by atoms with Gasteiger partial charge in [-0.3, -0.25) is 14.4 Å². The molecular weight excluding hydrogens is 781 g/mol. The van der Waals surface area contributed by atoms with Crippen LogP contribution in [0.1, 0.15) is 201 Å². The number of ether oxygens (including phenoxy) is 3. The summed E-state index contributed by atoms with van der Waals surface area (Å²) in [5.41, 5.74) is 0. The molecule has 6 nitrogen and oxygen atoms in total. The number of hydrogen-bond acceptors (Lipinski definition) is 6. The van der Waals surface area contributed by atoms with Crippen LogP contribution in [-0.2, 0) is 28.6 Å². The minimum Gasteiger partial charge on any atom is -0.462 e. The number of carbonyl (C=O) groups excluding carboxylic acids is 3. The maximum absolute atomic E-state index is 12.8. The molecule has 354 valence electrons. The summed E-state index contributed by atoms with van der Waals surface area (Å²) in [4.78, 5) is 37.9. The van der Waals surface area contributed by atoms with Gasteiger partial charge in [-0.1, -0.05) is 213 Å². The van der Waals surface area contributed by atoms with Crippen molar-refractivity contribution in [3.8, 4) is 0 Å². The molecule has 0 heterocycles. The molecule has 0 amide bonds. The van der Waals surface area contributed by atoms with Crippen LogP contribution in [0.2, 0.25) is 0 Å². The maximum Gasteiger partial charge on any atom is 0.306 e. The zero-order valence-electron chi connectivity index (χ0n) is 40.3. The Morgan fingerprint density at radius 1 is 0.349 bits per heavy atom. The summed E-state index contributed by atoms with van der Waals surface area (Å²) in [7, 11) is 0. The van der Waals surface area contributed by atoms with Gasteiger partial charge in [0, 0.05) is 19.3 Å². The largest absolute Gasteiger partial charge is 0.462 e. The third kappa shape index (κ3) is 48.7. The van der Waals surface area contributed by atoms with Crippen molar-refractivity contribution in [3.05, 3.63) is 122 Å². The molecule has 0 saturated heterocycles. The molecule has 0 radical (unpaired) electrons. The fourth-order valence-electron chi connectivity index (χ4n) is 6.38. The zero-order valence-corrected chi connectivity index (χ0v) is 40.3. The highest BCUT2D eigenvalue weighted by Crippen LogP contribution is 2.14. The van der Waals surface area contributed by atoms with Crippen molar-refractivity contribution < 1.29 is 28.6 Å². The van der Waals surface area contributed by atoms with Crippen molar-refractivity contribution >= 4 is 17.9 Å². The van der Waals surface area contributed by atoms with E-state index in [4.69, 9.17) is 14.2 Å². The molecule has 0 aliphatic heterocycles. The van der Waals surface area contributed by atoms with Crippen LogP contribution >= 0.6 is 0 Å². The topological polar surface area (TPSA) is 78.9 Å². The summed E-state index contributed by atoms with van der Waals surface area (Å²) in [5, 5.41) is 0. The van der Waals surface area contributed by atoms with E-state index in [1.807, 2.05) is 60.8 Å². The van der Waals surface area contributed by atoms with Crippen molar-refractivity contribution in [3.63, 3.8) is 0 Å². The highest BCUT2D eigenvalue weighted by Gasteiger charge is 2.19. The molecule has 63 heavy (non-hydrogen) atoms. The Morgan fingerprint density at radius 2 is 0.698 bits per heavy atom. The average molecular weight is 871 g/mol. The smallest absolute Gasteiger partial charge is 0.306 e. The molecule has 1 unspecified atom stereocenters. The van der Waals surface area contributed by atoms with Gasteiger partial charge in [0.1, 0.15) is 13.2 Å². The lowest BCUT2D eigenvalue weighted by molar-refractivity contribution is -0.167. The lowest BCUT2D eigenvalue weighted by Gasteiger charge is -2.18. The Morgan fingerprint density at radius 3 is 1.21 bits per heavy atom. The van der Waals surface area contributed by atoms with Gasteiger partial charge in [-0.15, -0.1) is 0 Å². The SMILES string of the molecule is CC\C=C/C=C\C=C/C=C\C=C\C=C/CCCCCC(=O)OC(COC(=O)CCCC/C=C\C/C=C\CC)COC(=O)CCCCCCCCCCCC/C=C\C=C/CCCCC. The Bertz CT molecular complexity index is 1370. The predicted octanol–water partition coefficient (Wildman–Crippen LogP) is 16.5. The molecule has 0 aromatic carbocycles. The molecule has 0 aliphatic carbocycles. The van der Waals surface area contributed by atoms with Gasteiger partial charge in [0.05, 0.1) is 0 Å². The van der Waals surface area contributed by atoms with E-state index in [0.717, 1.165) is 77.0 Å². The molecule has 1 atom stereocenters. The number of carbonyl (C=O) groups is 3. The second-order valence-electron chi connectivity index (χ2n) is 16.1. The molecule has 0 fully saturated rings. The van der Waals surface area contributed by atoms with Gasteiger partial charge in [-0.2, -0.15) is 0 Å². The van der Waals surface area contributed by atoms with Crippen LogP contribution in [0.3, 0.4) is 0 Å². The predicted molar refractivity (Wildman–Crippen MR) is 269 cm³/mol. The summed E-state index contributed by atoms with van der Waals surface area (Å²) in [5.74, 6) is -1.01. The van der Waals surface area contributed by atoms with Crippen molar-refractivity contribution in [1.82, 2.24) is 0 Å². The fraction of sp³-hybridized carbons (Fsp3) is 0.596. The Labute approximate surface area is 386 Å². The van der Waals surface area contributed by atoms with Gasteiger partial charge >= 0.3 is 17.9 Å². The minimum atomic E-state index is -0.818. The van der Waals surface area contributed by atoms with Crippen LogP contribution in [-0.4, -0.2) is 37.2 Å². The van der Waals surface area contributed by atoms with Gasteiger partial charge < -0.3 is 14.2 Å². The van der Waals surface area contributed by atoms with Gasteiger partial charge in [-0.25, -0.2) is 0 Å². The van der Waals surface area contributed by atoms with Crippen molar-refractivity contribution in [1.29, 1.82) is 0 Å². The summed E-state index contributed by atoms with van der Waals surface area (Å²) < 4.78 is 16.7. The summed E-state index contributed by atoms with van der Waals surface area (Å²) in [6.45, 7) is 6.25. The highest BCUT2D eigenvalue weighted by atomic mass is 16.6. The minimum absolute atomic E-state index is 0.112. The number of unbranched alkanes of at least 4 members (excludes halogenated alkanes) is 18. The maximum atomic E-state index is 12.8. The second kappa shape index (κ2) is 50.5. The van der Waals surface area contributed by atoms with Crippen LogP contribution < -0.4 is 0 Å². The first kappa shape index (κ1) is 58.8. The first-order valence-electron chi connectivity index (χ1n) is 25.1. The van der Waals surface area contributed by atoms with E-state index in [-0.39, 0.29) is 37.5 Å². The molecule has 0 saturated carbocycles. The average Bonchev–Trinajstić information content (AvgIpc) is 3.28. The molecule has 0 aromatic heterocycles. The van der Waals surface area contributed by atoms with E-state index in [1.165, 1.54) is 77.0 Å². The monoisotopic (exact) mass is 871 g/mol. The van der Waals surface area contributed by atoms with E-state index in [1.54, 1.807) is 0 Å². The van der Waals surface area contributed by atoms with E-state index < -0.39 is 6.10 Å². The Kier molecular flexibility index (Phi) is 47.1. The van der Waals surface area contributed by atoms with Crippen molar-refractivity contribution in [2.24, 2.45) is 0 Å². The summed E-state index contributed by atoms with van der Waals surface area (Å²) in [6, 6.07) is 0. The van der Waals surface area contributed by atoms with Gasteiger partial charge in [-0.05, 0) is 89.9 Å². The van der Waals surface area contributed by atoms with E-state index in [2.05, 4.69) is 81.5 Å². The van der Waals surface area contributed by atoms with Crippen LogP contribution in [0.15, 0.2) is 122 Å². The summed E-state index contributed by atoms with van der Waals surface area (Å²) >= 11 is 0. The molecule has 0 aromatic rings. The normalized spacial score (nSPS) is 13.1. The Balaban J connectivity index is 4.45.